The van der Waals surface area contributed by atoms with Crippen molar-refractivity contribution in [3.8, 4) is 0 Å². The van der Waals surface area contributed by atoms with Gasteiger partial charge >= 0.3 is 0 Å². The van der Waals surface area contributed by atoms with Gasteiger partial charge in [-0.2, -0.15) is 0 Å². The van der Waals surface area contributed by atoms with Crippen molar-refractivity contribution in [3.05, 3.63) is 0 Å². The highest BCUT2D eigenvalue weighted by atomic mass is 16.2. The second-order valence-electron chi connectivity index (χ2n) is 2.84. The summed E-state index contributed by atoms with van der Waals surface area (Å²) < 4.78 is 0. The molecule has 0 spiro atoms. The van der Waals surface area contributed by atoms with E-state index in [4.69, 9.17) is 5.73 Å². The van der Waals surface area contributed by atoms with Crippen LogP contribution in [0.4, 0.5) is 0 Å². The molecule has 1 amide bonds. The Morgan fingerprint density at radius 3 is 1.91 bits per heavy atom. The second-order valence-corrected chi connectivity index (χ2v) is 2.84. The number of nitrogens with two attached hydrogens (primary N) is 1. The van der Waals surface area contributed by atoms with Crippen LogP contribution in [0.5, 0.6) is 0 Å². The maximum Gasteiger partial charge on any atom is 0.238 e. The van der Waals surface area contributed by atoms with Crippen LogP contribution in [0.15, 0.2) is 0 Å². The lowest BCUT2D eigenvalue weighted by atomic mass is 9.86. The van der Waals surface area contributed by atoms with Gasteiger partial charge in [-0.3, -0.25) is 14.4 Å². The van der Waals surface area contributed by atoms with Crippen LogP contribution in [-0.2, 0) is 14.4 Å². The fraction of sp³-hybridized carbons (Fsp3) is 0.571. The molecule has 1 aliphatic carbocycles. The third kappa shape index (κ3) is 0.859. The van der Waals surface area contributed by atoms with Gasteiger partial charge in [0.2, 0.25) is 5.91 Å². The van der Waals surface area contributed by atoms with Crippen LogP contribution in [0.2, 0.25) is 0 Å². The standard InChI is InChI=1S/C7H9NO3/c1-7(6(8)11)4(9)2-3-5(7)10/h2-3H2,1H3,(H2,8,11). The van der Waals surface area contributed by atoms with Crippen LogP contribution in [0.3, 0.4) is 0 Å². The number of carbonyl (C=O) groups excluding carboxylic acids is 3. The number of carbonyl (C=O) groups is 3. The maximum absolute atomic E-state index is 11.0. The SMILES string of the molecule is CC1(C(N)=O)C(=O)CCC1=O. The van der Waals surface area contributed by atoms with Crippen molar-refractivity contribution in [2.75, 3.05) is 0 Å². The molecule has 0 heterocycles. The average Bonchev–Trinajstić information content (AvgIpc) is 2.18. The van der Waals surface area contributed by atoms with E-state index in [1.165, 1.54) is 6.92 Å². The number of Topliss-reactive ketones (excluding diaryl/α,β-unsaturated/α-hetero) is 2. The van der Waals surface area contributed by atoms with Crippen LogP contribution < -0.4 is 5.73 Å². The summed E-state index contributed by atoms with van der Waals surface area (Å²) in [5.41, 5.74) is 3.40. The van der Waals surface area contributed by atoms with Crippen molar-refractivity contribution in [1.29, 1.82) is 0 Å². The second kappa shape index (κ2) is 2.15. The normalized spacial score (nSPS) is 22.3. The molecule has 1 rings (SSSR count). The molecule has 0 aromatic rings. The van der Waals surface area contributed by atoms with E-state index in [-0.39, 0.29) is 24.4 Å². The van der Waals surface area contributed by atoms with Crippen LogP contribution in [0.1, 0.15) is 19.8 Å². The summed E-state index contributed by atoms with van der Waals surface area (Å²) in [7, 11) is 0. The molecular formula is C7H9NO3. The van der Waals surface area contributed by atoms with E-state index in [0.717, 1.165) is 0 Å². The number of amides is 1. The summed E-state index contributed by atoms with van der Waals surface area (Å²) in [6, 6.07) is 0. The van der Waals surface area contributed by atoms with E-state index in [9.17, 15) is 14.4 Å². The maximum atomic E-state index is 11.0. The summed E-state index contributed by atoms with van der Waals surface area (Å²) in [6.07, 6.45) is 0.302. The molecule has 60 valence electrons. The van der Waals surface area contributed by atoms with Crippen molar-refractivity contribution in [1.82, 2.24) is 0 Å². The van der Waals surface area contributed by atoms with Gasteiger partial charge in [0.05, 0.1) is 0 Å². The number of hydrogen-bond acceptors (Lipinski definition) is 3. The largest absolute Gasteiger partial charge is 0.368 e. The molecule has 0 aliphatic heterocycles. The molecule has 4 heteroatoms. The summed E-state index contributed by atoms with van der Waals surface area (Å²) >= 11 is 0. The predicted molar refractivity (Wildman–Crippen MR) is 36.5 cm³/mol. The monoisotopic (exact) mass is 155 g/mol. The van der Waals surface area contributed by atoms with E-state index in [2.05, 4.69) is 0 Å². The highest BCUT2D eigenvalue weighted by Crippen LogP contribution is 2.30. The van der Waals surface area contributed by atoms with Gasteiger partial charge in [0, 0.05) is 12.8 Å². The summed E-state index contributed by atoms with van der Waals surface area (Å²) in [4.78, 5) is 32.8. The van der Waals surface area contributed by atoms with E-state index < -0.39 is 11.3 Å². The van der Waals surface area contributed by atoms with E-state index in [1.54, 1.807) is 0 Å². The first-order valence-electron chi connectivity index (χ1n) is 3.36. The topological polar surface area (TPSA) is 77.2 Å². The minimum atomic E-state index is -1.53. The van der Waals surface area contributed by atoms with Gasteiger partial charge in [0.25, 0.3) is 0 Å². The summed E-state index contributed by atoms with van der Waals surface area (Å²) in [5, 5.41) is 0. The third-order valence-electron chi connectivity index (χ3n) is 2.19. The first-order chi connectivity index (χ1) is 4.99. The Morgan fingerprint density at radius 1 is 1.36 bits per heavy atom. The molecule has 11 heavy (non-hydrogen) atoms. The lowest BCUT2D eigenvalue weighted by Gasteiger charge is -2.14. The van der Waals surface area contributed by atoms with Gasteiger partial charge in [-0.15, -0.1) is 0 Å². The molecule has 0 radical (unpaired) electrons. The van der Waals surface area contributed by atoms with Crippen LogP contribution in [0.25, 0.3) is 0 Å². The van der Waals surface area contributed by atoms with E-state index >= 15 is 0 Å². The molecule has 2 N–H and O–H groups in total. The first-order valence-corrected chi connectivity index (χ1v) is 3.36. The highest BCUT2D eigenvalue weighted by molar-refractivity contribution is 6.26. The van der Waals surface area contributed by atoms with Crippen LogP contribution in [0, 0.1) is 5.41 Å². The molecule has 0 saturated heterocycles. The van der Waals surface area contributed by atoms with Gasteiger partial charge in [-0.05, 0) is 6.92 Å². The molecule has 1 aliphatic rings. The lowest BCUT2D eigenvalue weighted by molar-refractivity contribution is -0.143. The number of primary amides is 1. The van der Waals surface area contributed by atoms with Gasteiger partial charge in [-0.1, -0.05) is 0 Å². The molecular weight excluding hydrogens is 146 g/mol. The van der Waals surface area contributed by atoms with E-state index in [1.807, 2.05) is 0 Å². The van der Waals surface area contributed by atoms with Gasteiger partial charge in [0.15, 0.2) is 17.0 Å². The Hall–Kier alpha value is -1.19. The molecule has 0 aromatic heterocycles. The van der Waals surface area contributed by atoms with E-state index in [0.29, 0.717) is 0 Å². The number of hydrogen-bond donors (Lipinski definition) is 1. The highest BCUT2D eigenvalue weighted by Gasteiger charge is 2.50. The fourth-order valence-electron chi connectivity index (χ4n) is 1.16. The molecule has 4 nitrogen and oxygen atoms in total. The Morgan fingerprint density at radius 2 is 1.73 bits per heavy atom. The van der Waals surface area contributed by atoms with Crippen molar-refractivity contribution in [2.45, 2.75) is 19.8 Å². The molecule has 1 saturated carbocycles. The molecule has 0 bridgehead atoms. The molecule has 0 atom stereocenters. The quantitative estimate of drug-likeness (QED) is 0.514. The Balaban J connectivity index is 3.08. The van der Waals surface area contributed by atoms with Gasteiger partial charge in [-0.25, -0.2) is 0 Å². The molecule has 0 aromatic carbocycles. The third-order valence-corrected chi connectivity index (χ3v) is 2.19. The average molecular weight is 155 g/mol. The minimum Gasteiger partial charge on any atom is -0.368 e. The summed E-state index contributed by atoms with van der Waals surface area (Å²) in [6.45, 7) is 1.30. The minimum absolute atomic E-state index is 0.151. The van der Waals surface area contributed by atoms with Gasteiger partial charge in [0.1, 0.15) is 0 Å². The smallest absolute Gasteiger partial charge is 0.238 e. The Labute approximate surface area is 63.7 Å². The zero-order valence-corrected chi connectivity index (χ0v) is 6.22. The van der Waals surface area contributed by atoms with Crippen molar-refractivity contribution >= 4 is 17.5 Å². The zero-order chi connectivity index (χ0) is 8.65. The zero-order valence-electron chi connectivity index (χ0n) is 6.22. The number of ketones is 2. The Kier molecular flexibility index (Phi) is 1.55. The lowest BCUT2D eigenvalue weighted by Crippen LogP contribution is -2.42. The van der Waals surface area contributed by atoms with Crippen molar-refractivity contribution < 1.29 is 14.4 Å². The van der Waals surface area contributed by atoms with Crippen molar-refractivity contribution in [3.63, 3.8) is 0 Å². The first kappa shape index (κ1) is 7.91. The molecule has 1 fully saturated rings. The number of rotatable bonds is 1. The summed E-state index contributed by atoms with van der Waals surface area (Å²) in [5.74, 6) is -1.53. The Bertz CT molecular complexity index is 228. The van der Waals surface area contributed by atoms with Crippen molar-refractivity contribution in [2.24, 2.45) is 11.1 Å². The van der Waals surface area contributed by atoms with Crippen LogP contribution in [-0.4, -0.2) is 17.5 Å². The fourth-order valence-corrected chi connectivity index (χ4v) is 1.16. The predicted octanol–water partition coefficient (Wildman–Crippen LogP) is -0.590. The van der Waals surface area contributed by atoms with Gasteiger partial charge < -0.3 is 5.73 Å². The molecule has 0 unspecified atom stereocenters. The van der Waals surface area contributed by atoms with Crippen LogP contribution >= 0.6 is 0 Å².